The molecule has 0 aliphatic heterocycles. The molecule has 0 aromatic heterocycles. The lowest BCUT2D eigenvalue weighted by Crippen LogP contribution is -2.53. The Hall–Kier alpha value is -1.58. The molecular weight excluding hydrogens is 262 g/mol. The van der Waals surface area contributed by atoms with Crippen LogP contribution in [0.25, 0.3) is 0 Å². The summed E-state index contributed by atoms with van der Waals surface area (Å²) in [4.78, 5) is 16.2. The fraction of sp³-hybridized carbons (Fsp3) is 0.647. The van der Waals surface area contributed by atoms with Gasteiger partial charge >= 0.3 is 0 Å². The van der Waals surface area contributed by atoms with Crippen LogP contribution in [0.5, 0.6) is 0 Å². The summed E-state index contributed by atoms with van der Waals surface area (Å²) in [6, 6.07) is -0.202. The predicted octanol–water partition coefficient (Wildman–Crippen LogP) is 3.21. The summed E-state index contributed by atoms with van der Waals surface area (Å²) in [5.74, 6) is 0.816. The van der Waals surface area contributed by atoms with Crippen LogP contribution in [0.2, 0.25) is 0 Å². The van der Waals surface area contributed by atoms with Gasteiger partial charge in [0, 0.05) is 19.0 Å². The lowest BCUT2D eigenvalue weighted by atomic mass is 9.98. The zero-order chi connectivity index (χ0) is 16.5. The number of hydrogen-bond acceptors (Lipinski definition) is 2. The summed E-state index contributed by atoms with van der Waals surface area (Å²) < 4.78 is 0. The summed E-state index contributed by atoms with van der Waals surface area (Å²) in [6.45, 7) is 13.9. The van der Waals surface area contributed by atoms with Crippen molar-refractivity contribution in [1.29, 1.82) is 0 Å². The summed E-state index contributed by atoms with van der Waals surface area (Å²) in [6.07, 6.45) is 6.15. The monoisotopic (exact) mass is 293 g/mol. The van der Waals surface area contributed by atoms with Crippen LogP contribution in [0.1, 0.15) is 53.9 Å². The largest absolute Gasteiger partial charge is 0.367 e. The maximum absolute atomic E-state index is 11.9. The molecule has 0 heterocycles. The van der Waals surface area contributed by atoms with Crippen LogP contribution >= 0.6 is 0 Å². The highest BCUT2D eigenvalue weighted by Gasteiger charge is 2.24. The molecule has 0 aliphatic carbocycles. The van der Waals surface area contributed by atoms with E-state index in [1.165, 1.54) is 0 Å². The van der Waals surface area contributed by atoms with E-state index in [1.807, 2.05) is 19.9 Å². The average Bonchev–Trinajstić information content (AvgIpc) is 2.43. The first kappa shape index (κ1) is 19.4. The molecule has 4 nitrogen and oxygen atoms in total. The van der Waals surface area contributed by atoms with Crippen LogP contribution in [-0.2, 0) is 4.79 Å². The molecule has 0 aromatic rings. The van der Waals surface area contributed by atoms with Crippen molar-refractivity contribution < 1.29 is 4.79 Å². The molecule has 0 aliphatic rings. The Balaban J connectivity index is 5.36. The normalized spacial score (nSPS) is 14.6. The standard InChI is InChI=1S/C17H31N3O/c1-8-11-12-13(9-2)15(19-14(21)10-3)16(18-7)20-17(4,5)6/h8-9,15H,1,10-12H2,2-7H3,(H,18,20)(H,19,21)/b13-9+. The van der Waals surface area contributed by atoms with Gasteiger partial charge in [-0.3, -0.25) is 9.79 Å². The second-order valence-corrected chi connectivity index (χ2v) is 6.03. The number of amidine groups is 1. The number of nitrogens with zero attached hydrogens (tertiary/aromatic N) is 1. The highest BCUT2D eigenvalue weighted by Crippen LogP contribution is 2.14. The zero-order valence-electron chi connectivity index (χ0n) is 14.4. The van der Waals surface area contributed by atoms with Gasteiger partial charge in [0.25, 0.3) is 0 Å². The molecule has 0 fully saturated rings. The van der Waals surface area contributed by atoms with Crippen molar-refractivity contribution in [2.45, 2.75) is 65.5 Å². The Bertz CT molecular complexity index is 403. The topological polar surface area (TPSA) is 53.5 Å². The van der Waals surface area contributed by atoms with Crippen molar-refractivity contribution in [1.82, 2.24) is 10.6 Å². The summed E-state index contributed by atoms with van der Waals surface area (Å²) in [5.41, 5.74) is 1.04. The molecular formula is C17H31N3O. The highest BCUT2D eigenvalue weighted by atomic mass is 16.1. The van der Waals surface area contributed by atoms with Crippen LogP contribution in [0, 0.1) is 0 Å². The zero-order valence-corrected chi connectivity index (χ0v) is 14.4. The molecule has 0 radical (unpaired) electrons. The molecule has 0 rings (SSSR count). The first-order valence-corrected chi connectivity index (χ1v) is 7.59. The Kier molecular flexibility index (Phi) is 8.67. The molecule has 4 heteroatoms. The predicted molar refractivity (Wildman–Crippen MR) is 91.7 cm³/mol. The van der Waals surface area contributed by atoms with Gasteiger partial charge in [-0.2, -0.15) is 0 Å². The van der Waals surface area contributed by atoms with E-state index in [1.54, 1.807) is 7.05 Å². The van der Waals surface area contributed by atoms with Gasteiger partial charge in [-0.25, -0.2) is 0 Å². The summed E-state index contributed by atoms with van der Waals surface area (Å²) in [5, 5.41) is 6.46. The van der Waals surface area contributed by atoms with Gasteiger partial charge in [-0.05, 0) is 46.1 Å². The van der Waals surface area contributed by atoms with Crippen molar-refractivity contribution in [2.24, 2.45) is 4.99 Å². The molecule has 120 valence electrons. The van der Waals surface area contributed by atoms with Crippen molar-refractivity contribution in [3.8, 4) is 0 Å². The fourth-order valence-electron chi connectivity index (χ4n) is 1.97. The van der Waals surface area contributed by atoms with E-state index in [0.29, 0.717) is 6.42 Å². The molecule has 1 atom stereocenters. The molecule has 1 amide bonds. The second-order valence-electron chi connectivity index (χ2n) is 6.03. The molecule has 2 N–H and O–H groups in total. The van der Waals surface area contributed by atoms with Gasteiger partial charge in [0.15, 0.2) is 0 Å². The maximum Gasteiger partial charge on any atom is 0.220 e. The van der Waals surface area contributed by atoms with Gasteiger partial charge in [-0.15, -0.1) is 6.58 Å². The molecule has 21 heavy (non-hydrogen) atoms. The van der Waals surface area contributed by atoms with Crippen molar-refractivity contribution in [3.05, 3.63) is 24.3 Å². The quantitative estimate of drug-likeness (QED) is 0.430. The van der Waals surface area contributed by atoms with Crippen LogP contribution in [-0.4, -0.2) is 30.4 Å². The number of nitrogens with one attached hydrogen (secondary N) is 2. The number of aliphatic imine (C=N–C) groups is 1. The van der Waals surface area contributed by atoms with Crippen LogP contribution in [0.15, 0.2) is 29.3 Å². The van der Waals surface area contributed by atoms with E-state index in [2.05, 4.69) is 49.1 Å². The number of rotatable bonds is 7. The van der Waals surface area contributed by atoms with Gasteiger partial charge in [0.1, 0.15) is 11.9 Å². The Morgan fingerprint density at radius 1 is 1.38 bits per heavy atom. The first-order valence-electron chi connectivity index (χ1n) is 7.59. The minimum atomic E-state index is -0.202. The number of hydrogen-bond donors (Lipinski definition) is 2. The van der Waals surface area contributed by atoms with Gasteiger partial charge in [0.2, 0.25) is 5.91 Å². The van der Waals surface area contributed by atoms with Crippen LogP contribution in [0.4, 0.5) is 0 Å². The van der Waals surface area contributed by atoms with E-state index >= 15 is 0 Å². The summed E-state index contributed by atoms with van der Waals surface area (Å²) in [7, 11) is 1.75. The van der Waals surface area contributed by atoms with Crippen LogP contribution < -0.4 is 10.6 Å². The maximum atomic E-state index is 11.9. The van der Waals surface area contributed by atoms with E-state index in [0.717, 1.165) is 24.3 Å². The Morgan fingerprint density at radius 2 is 2.00 bits per heavy atom. The van der Waals surface area contributed by atoms with Crippen molar-refractivity contribution in [2.75, 3.05) is 7.05 Å². The third-order valence-electron chi connectivity index (χ3n) is 3.02. The lowest BCUT2D eigenvalue weighted by molar-refractivity contribution is -0.120. The first-order chi connectivity index (χ1) is 9.78. The smallest absolute Gasteiger partial charge is 0.220 e. The molecule has 0 spiro atoms. The number of carbonyl (C=O) groups excluding carboxylic acids is 1. The highest BCUT2D eigenvalue weighted by molar-refractivity contribution is 5.94. The minimum Gasteiger partial charge on any atom is -0.367 e. The Labute approximate surface area is 129 Å². The Morgan fingerprint density at radius 3 is 2.38 bits per heavy atom. The number of allylic oxidation sites excluding steroid dienone is 2. The fourth-order valence-corrected chi connectivity index (χ4v) is 1.97. The average molecular weight is 293 g/mol. The molecule has 0 aromatic carbocycles. The number of amides is 1. The molecule has 0 saturated carbocycles. The van der Waals surface area contributed by atoms with E-state index in [-0.39, 0.29) is 17.5 Å². The molecule has 1 unspecified atom stereocenters. The second kappa shape index (κ2) is 9.37. The van der Waals surface area contributed by atoms with E-state index < -0.39 is 0 Å². The van der Waals surface area contributed by atoms with E-state index in [9.17, 15) is 4.79 Å². The minimum absolute atomic E-state index is 0.0230. The lowest BCUT2D eigenvalue weighted by Gasteiger charge is -2.30. The molecule has 0 saturated heterocycles. The van der Waals surface area contributed by atoms with E-state index in [4.69, 9.17) is 0 Å². The SMILES string of the molecule is C=CCC/C(=C\C)C(NC(=O)CC)C(=NC)NC(C)(C)C. The molecule has 0 bridgehead atoms. The third-order valence-corrected chi connectivity index (χ3v) is 3.02. The van der Waals surface area contributed by atoms with Crippen molar-refractivity contribution >= 4 is 11.7 Å². The number of carbonyl (C=O) groups is 1. The van der Waals surface area contributed by atoms with Gasteiger partial charge in [0.05, 0.1) is 0 Å². The van der Waals surface area contributed by atoms with Gasteiger partial charge in [-0.1, -0.05) is 19.1 Å². The van der Waals surface area contributed by atoms with Crippen LogP contribution in [0.3, 0.4) is 0 Å². The van der Waals surface area contributed by atoms with Crippen molar-refractivity contribution in [3.63, 3.8) is 0 Å². The summed E-state index contributed by atoms with van der Waals surface area (Å²) >= 11 is 0. The van der Waals surface area contributed by atoms with Gasteiger partial charge < -0.3 is 10.6 Å². The third kappa shape index (κ3) is 7.69.